The highest BCUT2D eigenvalue weighted by atomic mass is 19.1. The van der Waals surface area contributed by atoms with E-state index in [4.69, 9.17) is 9.47 Å². The number of Topliss-reactive ketones (excluding diaryl/α,β-unsaturated/α-hetero) is 1. The van der Waals surface area contributed by atoms with E-state index in [9.17, 15) is 14.0 Å². The van der Waals surface area contributed by atoms with Crippen LogP contribution in [0.4, 0.5) is 4.39 Å². The number of ketones is 1. The molecule has 0 N–H and O–H groups in total. The number of benzene rings is 2. The molecular weight excluding hydrogens is 299 g/mol. The Labute approximate surface area is 133 Å². The maximum atomic E-state index is 14.0. The van der Waals surface area contributed by atoms with Crippen molar-refractivity contribution in [1.29, 1.82) is 0 Å². The number of esters is 1. The second-order valence-corrected chi connectivity index (χ2v) is 4.82. The number of halogens is 1. The molecule has 5 heteroatoms. The van der Waals surface area contributed by atoms with Crippen LogP contribution in [-0.2, 0) is 16.0 Å². The standard InChI is InChI=1S/C18H17FO4/c1-2-22-18(21)11-13-8-9-17(15(19)10-13)23-12-16(20)14-6-4-3-5-7-14/h3-10H,2,11-12H2,1H3. The van der Waals surface area contributed by atoms with Gasteiger partial charge < -0.3 is 9.47 Å². The lowest BCUT2D eigenvalue weighted by molar-refractivity contribution is -0.142. The van der Waals surface area contributed by atoms with Crippen LogP contribution in [-0.4, -0.2) is 25.0 Å². The minimum atomic E-state index is -0.618. The average Bonchev–Trinajstić information content (AvgIpc) is 2.55. The third-order valence-electron chi connectivity index (χ3n) is 3.10. The van der Waals surface area contributed by atoms with Crippen LogP contribution in [0.25, 0.3) is 0 Å². The molecule has 0 radical (unpaired) electrons. The van der Waals surface area contributed by atoms with Crippen LogP contribution in [0.3, 0.4) is 0 Å². The summed E-state index contributed by atoms with van der Waals surface area (Å²) in [5, 5.41) is 0. The average molecular weight is 316 g/mol. The van der Waals surface area contributed by atoms with Gasteiger partial charge in [-0.15, -0.1) is 0 Å². The maximum absolute atomic E-state index is 14.0. The molecule has 0 aliphatic heterocycles. The molecule has 0 heterocycles. The first kappa shape index (κ1) is 16.7. The normalized spacial score (nSPS) is 10.2. The number of ether oxygens (including phenoxy) is 2. The van der Waals surface area contributed by atoms with Gasteiger partial charge in [-0.2, -0.15) is 0 Å². The monoisotopic (exact) mass is 316 g/mol. The summed E-state index contributed by atoms with van der Waals surface area (Å²) in [6.07, 6.45) is -0.00597. The molecule has 0 aliphatic carbocycles. The lowest BCUT2D eigenvalue weighted by atomic mass is 10.1. The van der Waals surface area contributed by atoms with Crippen LogP contribution in [0, 0.1) is 5.82 Å². The molecule has 2 aromatic rings. The van der Waals surface area contributed by atoms with Crippen LogP contribution in [0.15, 0.2) is 48.5 Å². The fourth-order valence-electron chi connectivity index (χ4n) is 2.00. The van der Waals surface area contributed by atoms with Gasteiger partial charge in [-0.05, 0) is 24.6 Å². The second kappa shape index (κ2) is 8.08. The van der Waals surface area contributed by atoms with E-state index in [1.165, 1.54) is 12.1 Å². The Morgan fingerprint density at radius 3 is 2.48 bits per heavy atom. The summed E-state index contributed by atoms with van der Waals surface area (Å²) in [7, 11) is 0. The van der Waals surface area contributed by atoms with E-state index in [2.05, 4.69) is 0 Å². The van der Waals surface area contributed by atoms with Crippen molar-refractivity contribution in [3.05, 3.63) is 65.5 Å². The Morgan fingerprint density at radius 2 is 1.83 bits per heavy atom. The molecule has 0 saturated carbocycles. The van der Waals surface area contributed by atoms with Gasteiger partial charge in [0.15, 0.2) is 24.0 Å². The van der Waals surface area contributed by atoms with Gasteiger partial charge in [0, 0.05) is 5.56 Å². The molecule has 0 atom stereocenters. The quantitative estimate of drug-likeness (QED) is 0.581. The van der Waals surface area contributed by atoms with Gasteiger partial charge >= 0.3 is 5.97 Å². The van der Waals surface area contributed by atoms with Crippen molar-refractivity contribution < 1.29 is 23.5 Å². The zero-order chi connectivity index (χ0) is 16.7. The lowest BCUT2D eigenvalue weighted by Crippen LogP contribution is -2.12. The third kappa shape index (κ3) is 4.92. The van der Waals surface area contributed by atoms with Crippen molar-refractivity contribution >= 4 is 11.8 Å². The topological polar surface area (TPSA) is 52.6 Å². The SMILES string of the molecule is CCOC(=O)Cc1ccc(OCC(=O)c2ccccc2)c(F)c1. The van der Waals surface area contributed by atoms with Crippen molar-refractivity contribution in [2.75, 3.05) is 13.2 Å². The van der Waals surface area contributed by atoms with Crippen molar-refractivity contribution in [2.24, 2.45) is 0 Å². The molecule has 23 heavy (non-hydrogen) atoms. The first-order valence-corrected chi connectivity index (χ1v) is 7.25. The molecule has 0 saturated heterocycles. The van der Waals surface area contributed by atoms with E-state index in [-0.39, 0.29) is 31.2 Å². The molecule has 0 unspecified atom stereocenters. The minimum Gasteiger partial charge on any atom is -0.482 e. The predicted octanol–water partition coefficient (Wildman–Crippen LogP) is 3.19. The van der Waals surface area contributed by atoms with Gasteiger partial charge in [-0.3, -0.25) is 9.59 Å². The lowest BCUT2D eigenvalue weighted by Gasteiger charge is -2.08. The summed E-state index contributed by atoms with van der Waals surface area (Å²) >= 11 is 0. The Bertz CT molecular complexity index is 683. The molecule has 2 rings (SSSR count). The first-order chi connectivity index (χ1) is 11.1. The van der Waals surface area contributed by atoms with Gasteiger partial charge in [0.25, 0.3) is 0 Å². The van der Waals surface area contributed by atoms with Crippen molar-refractivity contribution in [3.8, 4) is 5.75 Å². The summed E-state index contributed by atoms with van der Waals surface area (Å²) < 4.78 is 24.0. The molecule has 2 aromatic carbocycles. The number of carbonyl (C=O) groups excluding carboxylic acids is 2. The van der Waals surface area contributed by atoms with Crippen LogP contribution in [0.2, 0.25) is 0 Å². The zero-order valence-corrected chi connectivity index (χ0v) is 12.8. The van der Waals surface area contributed by atoms with E-state index in [0.29, 0.717) is 11.1 Å². The van der Waals surface area contributed by atoms with Gasteiger partial charge in [-0.25, -0.2) is 4.39 Å². The van der Waals surface area contributed by atoms with Crippen LogP contribution in [0.5, 0.6) is 5.75 Å². The molecule has 120 valence electrons. The number of hydrogen-bond acceptors (Lipinski definition) is 4. The maximum Gasteiger partial charge on any atom is 0.310 e. The fraction of sp³-hybridized carbons (Fsp3) is 0.222. The first-order valence-electron chi connectivity index (χ1n) is 7.25. The van der Waals surface area contributed by atoms with Crippen LogP contribution in [0.1, 0.15) is 22.8 Å². The highest BCUT2D eigenvalue weighted by Gasteiger charge is 2.11. The third-order valence-corrected chi connectivity index (χ3v) is 3.10. The molecule has 4 nitrogen and oxygen atoms in total. The Balaban J connectivity index is 1.96. The smallest absolute Gasteiger partial charge is 0.310 e. The predicted molar refractivity (Wildman–Crippen MR) is 83.0 cm³/mol. The van der Waals surface area contributed by atoms with Crippen molar-refractivity contribution in [2.45, 2.75) is 13.3 Å². The van der Waals surface area contributed by atoms with E-state index in [1.807, 2.05) is 0 Å². The largest absolute Gasteiger partial charge is 0.482 e. The highest BCUT2D eigenvalue weighted by molar-refractivity contribution is 5.97. The summed E-state index contributed by atoms with van der Waals surface area (Å²) in [5.41, 5.74) is 0.995. The van der Waals surface area contributed by atoms with E-state index in [0.717, 1.165) is 0 Å². The second-order valence-electron chi connectivity index (χ2n) is 4.82. The van der Waals surface area contributed by atoms with E-state index < -0.39 is 11.8 Å². The molecular formula is C18H17FO4. The number of rotatable bonds is 7. The summed E-state index contributed by atoms with van der Waals surface area (Å²) in [4.78, 5) is 23.3. The van der Waals surface area contributed by atoms with E-state index >= 15 is 0 Å². The Hall–Kier alpha value is -2.69. The Morgan fingerprint density at radius 1 is 1.09 bits per heavy atom. The number of carbonyl (C=O) groups is 2. The molecule has 0 aromatic heterocycles. The summed E-state index contributed by atoms with van der Waals surface area (Å²) in [6, 6.07) is 12.8. The number of hydrogen-bond donors (Lipinski definition) is 0. The summed E-state index contributed by atoms with van der Waals surface area (Å²) in [5.74, 6) is -1.30. The van der Waals surface area contributed by atoms with Crippen molar-refractivity contribution in [1.82, 2.24) is 0 Å². The zero-order valence-electron chi connectivity index (χ0n) is 12.8. The van der Waals surface area contributed by atoms with Crippen molar-refractivity contribution in [3.63, 3.8) is 0 Å². The van der Waals surface area contributed by atoms with Gasteiger partial charge in [-0.1, -0.05) is 36.4 Å². The molecule has 0 amide bonds. The van der Waals surface area contributed by atoms with Gasteiger partial charge in [0.2, 0.25) is 0 Å². The Kier molecular flexibility index (Phi) is 5.86. The van der Waals surface area contributed by atoms with Crippen LogP contribution < -0.4 is 4.74 Å². The molecule has 0 bridgehead atoms. The molecule has 0 spiro atoms. The summed E-state index contributed by atoms with van der Waals surface area (Å²) in [6.45, 7) is 1.74. The highest BCUT2D eigenvalue weighted by Crippen LogP contribution is 2.19. The molecule has 0 fully saturated rings. The van der Waals surface area contributed by atoms with Gasteiger partial charge in [0.1, 0.15) is 0 Å². The van der Waals surface area contributed by atoms with E-state index in [1.54, 1.807) is 43.3 Å². The van der Waals surface area contributed by atoms with Crippen LogP contribution >= 0.6 is 0 Å². The molecule has 0 aliphatic rings. The fourth-order valence-corrected chi connectivity index (χ4v) is 2.00. The van der Waals surface area contributed by atoms with Gasteiger partial charge in [0.05, 0.1) is 13.0 Å². The minimum absolute atomic E-state index is 0.00597.